The number of hydrogen-bond donors (Lipinski definition) is 3. The molecule has 0 aliphatic carbocycles. The number of nitrogens with one attached hydrogen (secondary N) is 1. The van der Waals surface area contributed by atoms with Crippen molar-refractivity contribution in [2.24, 2.45) is 11.5 Å². The molecular weight excluding hydrogens is 393 g/mol. The summed E-state index contributed by atoms with van der Waals surface area (Å²) in [5.74, 6) is -0.0112. The topological polar surface area (TPSA) is 116 Å². The maximum absolute atomic E-state index is 11.8. The number of rotatable bonds is 5. The van der Waals surface area contributed by atoms with E-state index in [0.29, 0.717) is 24.7 Å². The standard InChI is InChI=1S/C18H24AsN5O2/c1-10-5-11(2)7-12(6-10)19-16-13(17(21)25)8-22-18(24-16)23-15-3-4-26-9-14(15)20/h5-8,14-15,19H,3-4,9,20H2,1-2H3,(H2,21,25)(H,22,23,24)/t14-,15+/m0/s1. The van der Waals surface area contributed by atoms with Crippen molar-refractivity contribution in [2.75, 3.05) is 18.5 Å². The van der Waals surface area contributed by atoms with Gasteiger partial charge < -0.3 is 0 Å². The van der Waals surface area contributed by atoms with Gasteiger partial charge in [-0.2, -0.15) is 0 Å². The third-order valence-corrected chi connectivity index (χ3v) is 6.76. The van der Waals surface area contributed by atoms with E-state index in [4.69, 9.17) is 16.2 Å². The number of aromatic nitrogens is 2. The first-order valence-corrected chi connectivity index (χ1v) is 10.6. The first-order valence-electron chi connectivity index (χ1n) is 8.54. The quantitative estimate of drug-likeness (QED) is 0.544. The van der Waals surface area contributed by atoms with Gasteiger partial charge in [-0.1, -0.05) is 0 Å². The molecule has 0 saturated carbocycles. The Hall–Kier alpha value is -1.95. The van der Waals surface area contributed by atoms with Crippen LogP contribution in [0.4, 0.5) is 5.95 Å². The molecule has 1 aromatic carbocycles. The number of aryl methyl sites for hydroxylation is 2. The molecule has 1 aliphatic rings. The average molecular weight is 417 g/mol. The van der Waals surface area contributed by atoms with Gasteiger partial charge in [0.25, 0.3) is 0 Å². The van der Waals surface area contributed by atoms with Gasteiger partial charge in [0.1, 0.15) is 0 Å². The van der Waals surface area contributed by atoms with Gasteiger partial charge in [-0.25, -0.2) is 0 Å². The maximum atomic E-state index is 11.8. The van der Waals surface area contributed by atoms with Crippen LogP contribution in [0.3, 0.4) is 0 Å². The van der Waals surface area contributed by atoms with Gasteiger partial charge in [0.2, 0.25) is 0 Å². The van der Waals surface area contributed by atoms with Crippen LogP contribution in [0.5, 0.6) is 0 Å². The van der Waals surface area contributed by atoms with Gasteiger partial charge >= 0.3 is 159 Å². The van der Waals surface area contributed by atoms with Crippen LogP contribution >= 0.6 is 0 Å². The van der Waals surface area contributed by atoms with E-state index in [2.05, 4.69) is 47.3 Å². The molecule has 1 aromatic heterocycles. The van der Waals surface area contributed by atoms with Gasteiger partial charge in [-0.15, -0.1) is 0 Å². The van der Waals surface area contributed by atoms with Gasteiger partial charge in [0.05, 0.1) is 0 Å². The average Bonchev–Trinajstić information content (AvgIpc) is 2.56. The molecule has 1 saturated heterocycles. The molecule has 0 bridgehead atoms. The van der Waals surface area contributed by atoms with E-state index >= 15 is 0 Å². The van der Waals surface area contributed by atoms with Gasteiger partial charge in [0.15, 0.2) is 0 Å². The minimum absolute atomic E-state index is 0.0530. The molecule has 2 heterocycles. The van der Waals surface area contributed by atoms with E-state index in [0.717, 1.165) is 10.9 Å². The van der Waals surface area contributed by atoms with Crippen LogP contribution in [0.15, 0.2) is 24.4 Å². The second kappa shape index (κ2) is 8.16. The number of ether oxygens (including phenoxy) is 1. The summed E-state index contributed by atoms with van der Waals surface area (Å²) in [6, 6.07) is 6.35. The number of hydrogen-bond acceptors (Lipinski definition) is 6. The number of benzene rings is 1. The van der Waals surface area contributed by atoms with Crippen LogP contribution in [-0.2, 0) is 4.74 Å². The van der Waals surface area contributed by atoms with Crippen molar-refractivity contribution < 1.29 is 9.53 Å². The predicted octanol–water partition coefficient (Wildman–Crippen LogP) is -0.892. The summed E-state index contributed by atoms with van der Waals surface area (Å²) in [6.45, 7) is 5.31. The fraction of sp³-hybridized carbons (Fsp3) is 0.389. The van der Waals surface area contributed by atoms with Crippen LogP contribution < -0.4 is 25.6 Å². The molecule has 1 amide bonds. The first kappa shape index (κ1) is 18.8. The molecule has 5 N–H and O–H groups in total. The zero-order valence-electron chi connectivity index (χ0n) is 15.0. The third kappa shape index (κ3) is 4.61. The SMILES string of the molecule is Cc1cc(C)cc([AsH]c2nc(N[C@@H]3CCOC[C@@H]3N)ncc2C(N)=O)c1. The number of nitrogens with zero attached hydrogens (tertiary/aromatic N) is 2. The van der Waals surface area contributed by atoms with Crippen LogP contribution in [0.2, 0.25) is 0 Å². The summed E-state index contributed by atoms with van der Waals surface area (Å²) in [6.07, 6.45) is 2.31. The number of primary amides is 1. The van der Waals surface area contributed by atoms with Crippen molar-refractivity contribution in [3.8, 4) is 0 Å². The number of amides is 1. The van der Waals surface area contributed by atoms with Crippen molar-refractivity contribution in [2.45, 2.75) is 32.4 Å². The van der Waals surface area contributed by atoms with Crippen molar-refractivity contribution >= 4 is 36.4 Å². The summed E-state index contributed by atoms with van der Waals surface area (Å²) < 4.78 is 7.31. The summed E-state index contributed by atoms with van der Waals surface area (Å²) in [7, 11) is 0. The van der Waals surface area contributed by atoms with Gasteiger partial charge in [0, 0.05) is 0 Å². The molecule has 1 unspecified atom stereocenters. The summed E-state index contributed by atoms with van der Waals surface area (Å²) >= 11 is -0.821. The monoisotopic (exact) mass is 417 g/mol. The number of nitrogens with two attached hydrogens (primary N) is 2. The van der Waals surface area contributed by atoms with Gasteiger partial charge in [-0.3, -0.25) is 0 Å². The van der Waals surface area contributed by atoms with E-state index in [1.165, 1.54) is 21.7 Å². The number of carbonyl (C=O) groups is 1. The Bertz CT molecular complexity index is 794. The molecule has 26 heavy (non-hydrogen) atoms. The molecule has 1 fully saturated rings. The van der Waals surface area contributed by atoms with Crippen LogP contribution in [0.1, 0.15) is 27.9 Å². The Kier molecular flexibility index (Phi) is 5.91. The molecule has 0 spiro atoms. The Balaban J connectivity index is 1.87. The molecule has 0 radical (unpaired) electrons. The molecular formula is C18H24AsN5O2. The van der Waals surface area contributed by atoms with Crippen LogP contribution in [0, 0.1) is 13.8 Å². The van der Waals surface area contributed by atoms with Gasteiger partial charge in [-0.05, 0) is 0 Å². The zero-order chi connectivity index (χ0) is 18.7. The van der Waals surface area contributed by atoms with Crippen molar-refractivity contribution in [3.05, 3.63) is 41.1 Å². The molecule has 1 aliphatic heterocycles. The second-order valence-electron chi connectivity index (χ2n) is 6.60. The normalized spacial score (nSPS) is 20.4. The van der Waals surface area contributed by atoms with Crippen molar-refractivity contribution in [1.82, 2.24) is 9.97 Å². The second-order valence-corrected chi connectivity index (χ2v) is 9.33. The Morgan fingerprint density at radius 3 is 2.69 bits per heavy atom. The Labute approximate surface area is 159 Å². The first-order chi connectivity index (χ1) is 12.4. The van der Waals surface area contributed by atoms with E-state index in [9.17, 15) is 4.79 Å². The van der Waals surface area contributed by atoms with Crippen LogP contribution in [-0.4, -0.2) is 56.9 Å². The molecule has 138 valence electrons. The summed E-state index contributed by atoms with van der Waals surface area (Å²) in [5, 5.41) is 3.29. The van der Waals surface area contributed by atoms with E-state index in [1.54, 1.807) is 0 Å². The zero-order valence-corrected chi connectivity index (χ0v) is 17.0. The molecule has 2 aromatic rings. The molecule has 8 heteroatoms. The van der Waals surface area contributed by atoms with Crippen LogP contribution in [0.25, 0.3) is 0 Å². The molecule has 7 nitrogen and oxygen atoms in total. The minimum atomic E-state index is -0.821. The number of anilines is 1. The number of carbonyl (C=O) groups excluding carboxylic acids is 1. The van der Waals surface area contributed by atoms with E-state index in [1.807, 2.05) is 0 Å². The van der Waals surface area contributed by atoms with Crippen molar-refractivity contribution in [3.63, 3.8) is 0 Å². The van der Waals surface area contributed by atoms with E-state index in [-0.39, 0.29) is 12.1 Å². The molecule has 3 atom stereocenters. The predicted molar refractivity (Wildman–Crippen MR) is 104 cm³/mol. The fourth-order valence-electron chi connectivity index (χ4n) is 3.02. The summed E-state index contributed by atoms with van der Waals surface area (Å²) in [5.41, 5.74) is 14.4. The van der Waals surface area contributed by atoms with E-state index < -0.39 is 21.7 Å². The van der Waals surface area contributed by atoms with Crippen molar-refractivity contribution in [1.29, 1.82) is 0 Å². The fourth-order valence-corrected chi connectivity index (χ4v) is 5.86. The Morgan fingerprint density at radius 2 is 2.04 bits per heavy atom. The third-order valence-electron chi connectivity index (χ3n) is 4.25. The Morgan fingerprint density at radius 1 is 1.31 bits per heavy atom. The summed E-state index contributed by atoms with van der Waals surface area (Å²) in [4.78, 5) is 20.7. The molecule has 3 rings (SSSR count).